The number of aliphatic hydroxyl groups is 1. The number of nitrogens with one attached hydrogen (secondary N) is 1. The van der Waals surface area contributed by atoms with Gasteiger partial charge in [0.1, 0.15) is 5.69 Å². The van der Waals surface area contributed by atoms with Crippen molar-refractivity contribution in [2.24, 2.45) is 0 Å². The molecule has 2 rings (SSSR count). The summed E-state index contributed by atoms with van der Waals surface area (Å²) in [5.74, 6) is 0. The van der Waals surface area contributed by atoms with Crippen LogP contribution in [0.15, 0.2) is 42.5 Å². The van der Waals surface area contributed by atoms with Crippen molar-refractivity contribution in [1.29, 1.82) is 0 Å². The van der Waals surface area contributed by atoms with E-state index in [0.29, 0.717) is 23.7 Å². The Bertz CT molecular complexity index is 717. The SMILES string of the molecule is O=[N+]([O-])c1cc(C(F)(F)F)ccc1Nc1ccccc1CCO. The molecular formula is C15H13F3N2O3. The molecule has 0 radical (unpaired) electrons. The highest BCUT2D eigenvalue weighted by Gasteiger charge is 2.33. The van der Waals surface area contributed by atoms with Crippen LogP contribution in [0.1, 0.15) is 11.1 Å². The van der Waals surface area contributed by atoms with Gasteiger partial charge in [0.2, 0.25) is 0 Å². The summed E-state index contributed by atoms with van der Waals surface area (Å²) in [4.78, 5) is 10.2. The summed E-state index contributed by atoms with van der Waals surface area (Å²) >= 11 is 0. The monoisotopic (exact) mass is 326 g/mol. The van der Waals surface area contributed by atoms with E-state index in [4.69, 9.17) is 5.11 Å². The van der Waals surface area contributed by atoms with E-state index in [2.05, 4.69) is 5.32 Å². The molecule has 2 aromatic rings. The zero-order valence-corrected chi connectivity index (χ0v) is 11.8. The van der Waals surface area contributed by atoms with E-state index in [9.17, 15) is 23.3 Å². The van der Waals surface area contributed by atoms with Crippen molar-refractivity contribution < 1.29 is 23.2 Å². The highest BCUT2D eigenvalue weighted by Crippen LogP contribution is 2.36. The van der Waals surface area contributed by atoms with Gasteiger partial charge in [0, 0.05) is 18.4 Å². The van der Waals surface area contributed by atoms with E-state index in [-0.39, 0.29) is 12.3 Å². The molecular weight excluding hydrogens is 313 g/mol. The fraction of sp³-hybridized carbons (Fsp3) is 0.200. The Balaban J connectivity index is 2.42. The molecule has 8 heteroatoms. The predicted molar refractivity (Wildman–Crippen MR) is 78.6 cm³/mol. The van der Waals surface area contributed by atoms with Gasteiger partial charge in [-0.1, -0.05) is 18.2 Å². The summed E-state index contributed by atoms with van der Waals surface area (Å²) in [6, 6.07) is 9.06. The molecule has 0 saturated carbocycles. The Hall–Kier alpha value is -2.61. The van der Waals surface area contributed by atoms with Crippen molar-refractivity contribution in [2.45, 2.75) is 12.6 Å². The third-order valence-electron chi connectivity index (χ3n) is 3.19. The van der Waals surface area contributed by atoms with Gasteiger partial charge >= 0.3 is 6.18 Å². The molecule has 122 valence electrons. The number of halogens is 3. The molecule has 2 aromatic carbocycles. The molecule has 0 bridgehead atoms. The number of aliphatic hydroxyl groups excluding tert-OH is 1. The number of benzene rings is 2. The topological polar surface area (TPSA) is 75.4 Å². The Labute approximate surface area is 129 Å². The first-order chi connectivity index (χ1) is 10.8. The van der Waals surface area contributed by atoms with Gasteiger partial charge in [-0.15, -0.1) is 0 Å². The van der Waals surface area contributed by atoms with Crippen LogP contribution in [0.2, 0.25) is 0 Å². The second-order valence-corrected chi connectivity index (χ2v) is 4.74. The first-order valence-electron chi connectivity index (χ1n) is 6.64. The van der Waals surface area contributed by atoms with E-state index in [1.165, 1.54) is 0 Å². The molecule has 23 heavy (non-hydrogen) atoms. The molecule has 0 aliphatic rings. The van der Waals surface area contributed by atoms with Crippen LogP contribution in [0, 0.1) is 10.1 Å². The first kappa shape index (κ1) is 16.8. The third kappa shape index (κ3) is 3.98. The number of nitro benzene ring substituents is 1. The van der Waals surface area contributed by atoms with Crippen molar-refractivity contribution in [1.82, 2.24) is 0 Å². The minimum Gasteiger partial charge on any atom is -0.396 e. The number of hydrogen-bond acceptors (Lipinski definition) is 4. The summed E-state index contributed by atoms with van der Waals surface area (Å²) < 4.78 is 38.1. The van der Waals surface area contributed by atoms with Gasteiger partial charge in [0.25, 0.3) is 5.69 Å². The van der Waals surface area contributed by atoms with Crippen LogP contribution < -0.4 is 5.32 Å². The van der Waals surface area contributed by atoms with Crippen molar-refractivity contribution >= 4 is 17.1 Å². The Morgan fingerprint density at radius 1 is 1.13 bits per heavy atom. The standard InChI is InChI=1S/C15H13F3N2O3/c16-15(17,18)11-5-6-13(14(9-11)20(22)23)19-12-4-2-1-3-10(12)7-8-21/h1-6,9,19,21H,7-8H2. The largest absolute Gasteiger partial charge is 0.416 e. The van der Waals surface area contributed by atoms with Crippen molar-refractivity contribution in [3.05, 3.63) is 63.7 Å². The number of nitro groups is 1. The van der Waals surface area contributed by atoms with Crippen LogP contribution in [0.4, 0.5) is 30.2 Å². The van der Waals surface area contributed by atoms with Crippen LogP contribution in [0.25, 0.3) is 0 Å². The Morgan fingerprint density at radius 3 is 2.43 bits per heavy atom. The maximum absolute atomic E-state index is 12.7. The van der Waals surface area contributed by atoms with Crippen LogP contribution in [-0.4, -0.2) is 16.6 Å². The number of alkyl halides is 3. The zero-order valence-electron chi connectivity index (χ0n) is 11.8. The second kappa shape index (κ2) is 6.66. The summed E-state index contributed by atoms with van der Waals surface area (Å²) in [7, 11) is 0. The summed E-state index contributed by atoms with van der Waals surface area (Å²) in [5, 5.41) is 22.8. The fourth-order valence-electron chi connectivity index (χ4n) is 2.09. The van der Waals surface area contributed by atoms with Gasteiger partial charge in [-0.3, -0.25) is 10.1 Å². The van der Waals surface area contributed by atoms with E-state index in [1.807, 2.05) is 0 Å². The number of anilines is 2. The van der Waals surface area contributed by atoms with E-state index in [0.717, 1.165) is 12.1 Å². The molecule has 5 nitrogen and oxygen atoms in total. The van der Waals surface area contributed by atoms with Crippen molar-refractivity contribution in [2.75, 3.05) is 11.9 Å². The molecule has 0 spiro atoms. The van der Waals surface area contributed by atoms with Crippen molar-refractivity contribution in [3.63, 3.8) is 0 Å². The van der Waals surface area contributed by atoms with E-state index in [1.54, 1.807) is 24.3 Å². The van der Waals surface area contributed by atoms with E-state index < -0.39 is 22.4 Å². The number of hydrogen-bond donors (Lipinski definition) is 2. The lowest BCUT2D eigenvalue weighted by Crippen LogP contribution is -2.07. The third-order valence-corrected chi connectivity index (χ3v) is 3.19. The minimum atomic E-state index is -4.65. The molecule has 0 aromatic heterocycles. The number of nitrogens with zero attached hydrogens (tertiary/aromatic N) is 1. The molecule has 0 unspecified atom stereocenters. The van der Waals surface area contributed by atoms with Gasteiger partial charge < -0.3 is 10.4 Å². The second-order valence-electron chi connectivity index (χ2n) is 4.74. The maximum atomic E-state index is 12.7. The molecule has 0 atom stereocenters. The van der Waals surface area contributed by atoms with Gasteiger partial charge in [-0.2, -0.15) is 13.2 Å². The fourth-order valence-corrected chi connectivity index (χ4v) is 2.09. The summed E-state index contributed by atoms with van der Waals surface area (Å²) in [5.41, 5.74) is -0.612. The number of rotatable bonds is 5. The normalized spacial score (nSPS) is 11.3. The van der Waals surface area contributed by atoms with Crippen molar-refractivity contribution in [3.8, 4) is 0 Å². The highest BCUT2D eigenvalue weighted by molar-refractivity contribution is 5.72. The van der Waals surface area contributed by atoms with Crippen LogP contribution in [-0.2, 0) is 12.6 Å². The van der Waals surface area contributed by atoms with Gasteiger partial charge in [-0.05, 0) is 30.2 Å². The molecule has 0 amide bonds. The zero-order chi connectivity index (χ0) is 17.0. The molecule has 0 fully saturated rings. The van der Waals surface area contributed by atoms with Gasteiger partial charge in [-0.25, -0.2) is 0 Å². The van der Waals surface area contributed by atoms with Crippen LogP contribution in [0.5, 0.6) is 0 Å². The quantitative estimate of drug-likeness (QED) is 0.645. The molecule has 2 N–H and O–H groups in total. The average Bonchev–Trinajstić information content (AvgIpc) is 2.48. The first-order valence-corrected chi connectivity index (χ1v) is 6.64. The van der Waals surface area contributed by atoms with Gasteiger partial charge in [0.05, 0.1) is 10.5 Å². The lowest BCUT2D eigenvalue weighted by atomic mass is 10.1. The lowest BCUT2D eigenvalue weighted by Gasteiger charge is -2.13. The molecule has 0 aliphatic carbocycles. The van der Waals surface area contributed by atoms with Gasteiger partial charge in [0.15, 0.2) is 0 Å². The predicted octanol–water partition coefficient (Wildman–Crippen LogP) is 3.89. The molecule has 0 heterocycles. The van der Waals surface area contributed by atoms with Crippen LogP contribution in [0.3, 0.4) is 0 Å². The van der Waals surface area contributed by atoms with Crippen LogP contribution >= 0.6 is 0 Å². The highest BCUT2D eigenvalue weighted by atomic mass is 19.4. The summed E-state index contributed by atoms with van der Waals surface area (Å²) in [6.45, 7) is -0.117. The molecule has 0 saturated heterocycles. The Morgan fingerprint density at radius 2 is 1.83 bits per heavy atom. The van der Waals surface area contributed by atoms with E-state index >= 15 is 0 Å². The Kier molecular flexibility index (Phi) is 4.85. The number of para-hydroxylation sites is 1. The lowest BCUT2D eigenvalue weighted by molar-refractivity contribution is -0.384. The smallest absolute Gasteiger partial charge is 0.396 e. The maximum Gasteiger partial charge on any atom is 0.416 e. The summed E-state index contributed by atoms with van der Waals surface area (Å²) in [6.07, 6.45) is -4.34. The average molecular weight is 326 g/mol. The minimum absolute atomic E-state index is 0.0478. The molecule has 0 aliphatic heterocycles.